The number of likely N-dealkylation sites (tertiary alicyclic amines) is 1. The van der Waals surface area contributed by atoms with Crippen molar-refractivity contribution in [2.75, 3.05) is 29.9 Å². The number of piperidine rings is 1. The number of benzene rings is 2. The molecule has 9 heteroatoms. The van der Waals surface area contributed by atoms with Crippen molar-refractivity contribution in [2.24, 2.45) is 18.4 Å². The Labute approximate surface area is 227 Å². The van der Waals surface area contributed by atoms with Crippen LogP contribution in [0.25, 0.3) is 0 Å². The lowest BCUT2D eigenvalue weighted by Crippen LogP contribution is -2.63. The zero-order chi connectivity index (χ0) is 26.3. The van der Waals surface area contributed by atoms with Crippen molar-refractivity contribution in [2.45, 2.75) is 37.7 Å². The summed E-state index contributed by atoms with van der Waals surface area (Å²) in [5.74, 6) is 0.970. The van der Waals surface area contributed by atoms with Gasteiger partial charge in [-0.3, -0.25) is 14.3 Å². The second-order valence-corrected chi connectivity index (χ2v) is 11.3. The lowest BCUT2D eigenvalue weighted by Gasteiger charge is -2.45. The molecule has 2 N–H and O–H groups in total. The lowest BCUT2D eigenvalue weighted by molar-refractivity contribution is -0.145. The molecule has 2 aromatic carbocycles. The molecular formula is C29H33ClN6O2. The van der Waals surface area contributed by atoms with Crippen LogP contribution < -0.4 is 15.5 Å². The van der Waals surface area contributed by atoms with E-state index < -0.39 is 10.8 Å². The number of nitrogens with one attached hydrogen (secondary N) is 2. The molecule has 2 fully saturated rings. The average Bonchev–Trinajstić information content (AvgIpc) is 3.71. The predicted octanol–water partition coefficient (Wildman–Crippen LogP) is 4.04. The van der Waals surface area contributed by atoms with Crippen LogP contribution in [0.1, 0.15) is 30.4 Å². The highest BCUT2D eigenvalue weighted by atomic mass is 35.5. The Morgan fingerprint density at radius 1 is 1.13 bits per heavy atom. The summed E-state index contributed by atoms with van der Waals surface area (Å²) in [6.45, 7) is 2.79. The maximum absolute atomic E-state index is 14.7. The van der Waals surface area contributed by atoms with E-state index in [1.165, 1.54) is 12.8 Å². The van der Waals surface area contributed by atoms with Gasteiger partial charge in [-0.25, -0.2) is 0 Å². The van der Waals surface area contributed by atoms with Gasteiger partial charge in [-0.2, -0.15) is 5.10 Å². The van der Waals surface area contributed by atoms with Crippen molar-refractivity contribution < 1.29 is 9.59 Å². The second kappa shape index (κ2) is 10.1. The minimum atomic E-state index is -1.39. The zero-order valence-corrected chi connectivity index (χ0v) is 22.3. The summed E-state index contributed by atoms with van der Waals surface area (Å²) in [5, 5.41) is 10.2. The maximum atomic E-state index is 14.7. The Balaban J connectivity index is 1.35. The average molecular weight is 533 g/mol. The number of para-hydroxylation sites is 2. The molecule has 0 radical (unpaired) electrons. The number of aryl methyl sites for hydroxylation is 1. The molecular weight excluding hydrogens is 500 g/mol. The number of fused-ring (bicyclic) bond motifs is 2. The number of rotatable bonds is 6. The van der Waals surface area contributed by atoms with Crippen LogP contribution in [0.3, 0.4) is 0 Å². The highest BCUT2D eigenvalue weighted by Gasteiger charge is 2.56. The van der Waals surface area contributed by atoms with Crippen molar-refractivity contribution in [1.29, 1.82) is 0 Å². The van der Waals surface area contributed by atoms with Crippen molar-refractivity contribution in [1.82, 2.24) is 20.0 Å². The van der Waals surface area contributed by atoms with E-state index in [0.29, 0.717) is 38.5 Å². The predicted molar refractivity (Wildman–Crippen MR) is 148 cm³/mol. The minimum absolute atomic E-state index is 0.264. The first kappa shape index (κ1) is 24.9. The summed E-state index contributed by atoms with van der Waals surface area (Å²) in [4.78, 5) is 32.8. The topological polar surface area (TPSA) is 82.5 Å². The minimum Gasteiger partial charge on any atom is -0.351 e. The SMILES string of the molecule is Cn1ncc2c1Nc1ccccc1N(C(=O)C1(C(=O)NCc3ccccc3)CCN(CC3CC3)CC1Cl)C2. The molecule has 198 valence electrons. The van der Waals surface area contributed by atoms with Gasteiger partial charge in [0.05, 0.1) is 29.5 Å². The van der Waals surface area contributed by atoms with E-state index in [2.05, 4.69) is 20.6 Å². The number of carbonyl (C=O) groups excluding carboxylic acids is 2. The molecule has 3 heterocycles. The van der Waals surface area contributed by atoms with Crippen LogP contribution in [0.15, 0.2) is 60.8 Å². The maximum Gasteiger partial charge on any atom is 0.244 e. The van der Waals surface area contributed by atoms with Gasteiger partial charge in [0.15, 0.2) is 0 Å². The fourth-order valence-electron chi connectivity index (χ4n) is 5.71. The number of carbonyl (C=O) groups is 2. The molecule has 1 aromatic heterocycles. The van der Waals surface area contributed by atoms with Gasteiger partial charge >= 0.3 is 0 Å². The first-order valence-electron chi connectivity index (χ1n) is 13.3. The molecule has 1 saturated heterocycles. The van der Waals surface area contributed by atoms with E-state index in [-0.39, 0.29) is 11.8 Å². The van der Waals surface area contributed by atoms with E-state index in [0.717, 1.165) is 34.9 Å². The molecule has 8 nitrogen and oxygen atoms in total. The molecule has 0 bridgehead atoms. The zero-order valence-electron chi connectivity index (χ0n) is 21.6. The molecule has 6 rings (SSSR count). The smallest absolute Gasteiger partial charge is 0.244 e. The third-order valence-electron chi connectivity index (χ3n) is 8.11. The number of hydrogen-bond acceptors (Lipinski definition) is 5. The highest BCUT2D eigenvalue weighted by Crippen LogP contribution is 2.43. The summed E-state index contributed by atoms with van der Waals surface area (Å²) in [6, 6.07) is 17.4. The largest absolute Gasteiger partial charge is 0.351 e. The van der Waals surface area contributed by atoms with Gasteiger partial charge < -0.3 is 20.4 Å². The molecule has 2 aliphatic heterocycles. The van der Waals surface area contributed by atoms with Crippen LogP contribution in [0, 0.1) is 11.3 Å². The van der Waals surface area contributed by atoms with E-state index in [1.54, 1.807) is 15.8 Å². The number of amides is 2. The Bertz CT molecular complexity index is 1340. The number of aromatic nitrogens is 2. The van der Waals surface area contributed by atoms with Crippen LogP contribution in [0.5, 0.6) is 0 Å². The molecule has 1 saturated carbocycles. The van der Waals surface area contributed by atoms with Gasteiger partial charge in [0.1, 0.15) is 11.2 Å². The van der Waals surface area contributed by atoms with Crippen molar-refractivity contribution in [3.8, 4) is 0 Å². The standard InChI is InChI=1S/C29H33ClN6O2/c1-34-26-22(16-32-34)18-36(24-10-6-5-9-23(24)33-26)28(38)29(27(37)31-15-20-7-3-2-4-8-20)13-14-35(19-25(29)30)17-21-11-12-21/h2-10,16,21,25,33H,11-15,17-19H2,1H3,(H,31,37). The molecule has 1 aliphatic carbocycles. The summed E-state index contributed by atoms with van der Waals surface area (Å²) in [7, 11) is 1.87. The van der Waals surface area contributed by atoms with Crippen LogP contribution in [0.4, 0.5) is 17.2 Å². The fourth-order valence-corrected chi connectivity index (χ4v) is 6.20. The molecule has 2 unspecified atom stereocenters. The summed E-state index contributed by atoms with van der Waals surface area (Å²) >= 11 is 7.12. The monoisotopic (exact) mass is 532 g/mol. The quantitative estimate of drug-likeness (QED) is 0.370. The van der Waals surface area contributed by atoms with Crippen molar-refractivity contribution in [3.05, 3.63) is 71.9 Å². The van der Waals surface area contributed by atoms with Crippen LogP contribution >= 0.6 is 11.6 Å². The number of anilines is 3. The third-order valence-corrected chi connectivity index (χ3v) is 8.62. The lowest BCUT2D eigenvalue weighted by atomic mass is 9.75. The Morgan fingerprint density at radius 3 is 2.66 bits per heavy atom. The number of halogens is 1. The molecule has 38 heavy (non-hydrogen) atoms. The van der Waals surface area contributed by atoms with E-state index in [4.69, 9.17) is 11.6 Å². The summed E-state index contributed by atoms with van der Waals surface area (Å²) < 4.78 is 1.77. The molecule has 3 aromatic rings. The third kappa shape index (κ3) is 4.56. The van der Waals surface area contributed by atoms with Crippen molar-refractivity contribution >= 4 is 40.6 Å². The van der Waals surface area contributed by atoms with Gasteiger partial charge in [0, 0.05) is 32.2 Å². The number of nitrogens with zero attached hydrogens (tertiary/aromatic N) is 4. The van der Waals surface area contributed by atoms with Gasteiger partial charge in [0.2, 0.25) is 11.8 Å². The Hall–Kier alpha value is -3.36. The first-order valence-corrected chi connectivity index (χ1v) is 13.8. The van der Waals surface area contributed by atoms with Crippen LogP contribution in [0.2, 0.25) is 0 Å². The van der Waals surface area contributed by atoms with Crippen LogP contribution in [-0.4, -0.2) is 51.5 Å². The van der Waals surface area contributed by atoms with E-state index in [9.17, 15) is 9.59 Å². The van der Waals surface area contributed by atoms with Crippen molar-refractivity contribution in [3.63, 3.8) is 0 Å². The molecule has 2 atom stereocenters. The highest BCUT2D eigenvalue weighted by molar-refractivity contribution is 6.28. The normalized spacial score (nSPS) is 23.1. The van der Waals surface area contributed by atoms with Crippen LogP contribution in [-0.2, 0) is 29.7 Å². The molecule has 0 spiro atoms. The van der Waals surface area contributed by atoms with E-state index >= 15 is 0 Å². The van der Waals surface area contributed by atoms with Gasteiger partial charge in [0.25, 0.3) is 0 Å². The van der Waals surface area contributed by atoms with Gasteiger partial charge in [-0.15, -0.1) is 11.6 Å². The van der Waals surface area contributed by atoms with E-state index in [1.807, 2.05) is 61.6 Å². The Morgan fingerprint density at radius 2 is 1.89 bits per heavy atom. The number of hydrogen-bond donors (Lipinski definition) is 2. The Kier molecular flexibility index (Phi) is 6.61. The van der Waals surface area contributed by atoms with Gasteiger partial charge in [-0.05, 0) is 49.4 Å². The summed E-state index contributed by atoms with van der Waals surface area (Å²) in [5.41, 5.74) is 1.99. The van der Waals surface area contributed by atoms with Gasteiger partial charge in [-0.1, -0.05) is 42.5 Å². The first-order chi connectivity index (χ1) is 18.5. The molecule has 2 amide bonds. The summed E-state index contributed by atoms with van der Waals surface area (Å²) in [6.07, 6.45) is 4.64. The fraction of sp³-hybridized carbons (Fsp3) is 0.414. The second-order valence-electron chi connectivity index (χ2n) is 10.7. The molecule has 3 aliphatic rings. The number of alkyl halides is 1.